The van der Waals surface area contributed by atoms with E-state index in [-0.39, 0.29) is 30.2 Å². The second-order valence-electron chi connectivity index (χ2n) is 6.38. The minimum atomic E-state index is -0.315. The first kappa shape index (κ1) is 19.4. The topological polar surface area (TPSA) is 83.8 Å². The standard InChI is InChI=1S/C18H23FN4O.ClH/c19-14-8-6-13(7-9-14)17-15(11-21-23-17)18(24)22-16(10-20)12-4-2-1-3-5-12;/h6-9,11-12,16H,1-5,10,20H2,(H,21,23)(H,22,24);1H. The molecular weight excluding hydrogens is 343 g/mol. The largest absolute Gasteiger partial charge is 0.348 e. The number of carbonyl (C=O) groups excluding carboxylic acids is 1. The Bertz CT molecular complexity index is 683. The Morgan fingerprint density at radius 2 is 1.96 bits per heavy atom. The SMILES string of the molecule is Cl.NCC(NC(=O)c1cn[nH]c1-c1ccc(F)cc1)C1CCCCC1. The molecule has 25 heavy (non-hydrogen) atoms. The van der Waals surface area contributed by atoms with E-state index in [4.69, 9.17) is 5.73 Å². The summed E-state index contributed by atoms with van der Waals surface area (Å²) in [5.74, 6) is -0.0669. The molecule has 5 nitrogen and oxygen atoms in total. The molecule has 0 radical (unpaired) electrons. The van der Waals surface area contributed by atoms with Crippen LogP contribution in [0, 0.1) is 11.7 Å². The van der Waals surface area contributed by atoms with E-state index in [9.17, 15) is 9.18 Å². The van der Waals surface area contributed by atoms with Crippen molar-refractivity contribution in [2.24, 2.45) is 11.7 Å². The van der Waals surface area contributed by atoms with Crippen LogP contribution in [0.3, 0.4) is 0 Å². The zero-order chi connectivity index (χ0) is 16.9. The normalized spacial score (nSPS) is 16.1. The third kappa shape index (κ3) is 4.58. The number of hydrogen-bond donors (Lipinski definition) is 3. The number of nitrogens with zero attached hydrogens (tertiary/aromatic N) is 1. The lowest BCUT2D eigenvalue weighted by Crippen LogP contribution is -2.45. The highest BCUT2D eigenvalue weighted by atomic mass is 35.5. The molecule has 136 valence electrons. The number of benzene rings is 1. The van der Waals surface area contributed by atoms with Gasteiger partial charge in [0, 0.05) is 18.2 Å². The van der Waals surface area contributed by atoms with Crippen molar-refractivity contribution in [2.45, 2.75) is 38.1 Å². The van der Waals surface area contributed by atoms with Crippen LogP contribution in [0.5, 0.6) is 0 Å². The van der Waals surface area contributed by atoms with Crippen LogP contribution < -0.4 is 11.1 Å². The first-order valence-electron chi connectivity index (χ1n) is 8.49. The van der Waals surface area contributed by atoms with Crippen molar-refractivity contribution in [1.29, 1.82) is 0 Å². The van der Waals surface area contributed by atoms with Gasteiger partial charge in [-0.3, -0.25) is 9.89 Å². The maximum Gasteiger partial charge on any atom is 0.255 e. The van der Waals surface area contributed by atoms with Crippen LogP contribution in [0.15, 0.2) is 30.5 Å². The van der Waals surface area contributed by atoms with Gasteiger partial charge in [-0.2, -0.15) is 5.10 Å². The second kappa shape index (κ2) is 8.97. The molecule has 1 amide bonds. The molecule has 0 aliphatic heterocycles. The van der Waals surface area contributed by atoms with Crippen molar-refractivity contribution in [2.75, 3.05) is 6.54 Å². The number of H-pyrrole nitrogens is 1. The molecule has 1 aromatic carbocycles. The summed E-state index contributed by atoms with van der Waals surface area (Å²) in [6.07, 6.45) is 7.38. The lowest BCUT2D eigenvalue weighted by atomic mass is 9.84. The Hall–Kier alpha value is -1.92. The van der Waals surface area contributed by atoms with E-state index in [2.05, 4.69) is 15.5 Å². The highest BCUT2D eigenvalue weighted by Crippen LogP contribution is 2.27. The van der Waals surface area contributed by atoms with Gasteiger partial charge in [0.2, 0.25) is 0 Å². The van der Waals surface area contributed by atoms with Gasteiger partial charge in [0.25, 0.3) is 5.91 Å². The number of halogens is 2. The number of nitrogens with one attached hydrogen (secondary N) is 2. The Morgan fingerprint density at radius 3 is 2.60 bits per heavy atom. The Labute approximate surface area is 153 Å². The van der Waals surface area contributed by atoms with Crippen LogP contribution >= 0.6 is 12.4 Å². The average Bonchev–Trinajstić information content (AvgIpc) is 3.10. The van der Waals surface area contributed by atoms with Crippen molar-refractivity contribution < 1.29 is 9.18 Å². The van der Waals surface area contributed by atoms with Crippen LogP contribution in [0.1, 0.15) is 42.5 Å². The van der Waals surface area contributed by atoms with E-state index in [1.807, 2.05) is 0 Å². The maximum absolute atomic E-state index is 13.1. The minimum absolute atomic E-state index is 0. The zero-order valence-corrected chi connectivity index (χ0v) is 14.8. The molecule has 1 aromatic heterocycles. The molecule has 1 aliphatic rings. The van der Waals surface area contributed by atoms with Gasteiger partial charge in [0.15, 0.2) is 0 Å². The lowest BCUT2D eigenvalue weighted by Gasteiger charge is -2.30. The highest BCUT2D eigenvalue weighted by molar-refractivity contribution is 5.99. The summed E-state index contributed by atoms with van der Waals surface area (Å²) in [6.45, 7) is 0.431. The molecular formula is C18H24ClFN4O. The van der Waals surface area contributed by atoms with Crippen LogP contribution in [0.25, 0.3) is 11.3 Å². The zero-order valence-electron chi connectivity index (χ0n) is 14.0. The molecule has 1 aliphatic carbocycles. The predicted molar refractivity (Wildman–Crippen MR) is 98.1 cm³/mol. The third-order valence-corrected chi connectivity index (χ3v) is 4.81. The average molecular weight is 367 g/mol. The van der Waals surface area contributed by atoms with E-state index in [1.165, 1.54) is 37.6 Å². The Balaban J connectivity index is 0.00000225. The summed E-state index contributed by atoms with van der Waals surface area (Å²) >= 11 is 0. The van der Waals surface area contributed by atoms with Crippen molar-refractivity contribution in [1.82, 2.24) is 15.5 Å². The molecule has 2 aromatic rings. The first-order chi connectivity index (χ1) is 11.7. The number of rotatable bonds is 5. The molecule has 1 fully saturated rings. The summed E-state index contributed by atoms with van der Waals surface area (Å²) < 4.78 is 13.1. The van der Waals surface area contributed by atoms with Gasteiger partial charge in [0.05, 0.1) is 17.5 Å². The molecule has 4 N–H and O–H groups in total. The number of aromatic nitrogens is 2. The van der Waals surface area contributed by atoms with Gasteiger partial charge < -0.3 is 11.1 Å². The molecule has 7 heteroatoms. The number of nitrogens with two attached hydrogens (primary N) is 1. The molecule has 3 rings (SSSR count). The van der Waals surface area contributed by atoms with E-state index in [0.29, 0.717) is 23.7 Å². The molecule has 0 saturated heterocycles. The fourth-order valence-corrected chi connectivity index (χ4v) is 3.45. The maximum atomic E-state index is 13.1. The molecule has 0 bridgehead atoms. The number of amides is 1. The van der Waals surface area contributed by atoms with E-state index in [0.717, 1.165) is 18.4 Å². The van der Waals surface area contributed by atoms with Crippen LogP contribution in [-0.2, 0) is 0 Å². The van der Waals surface area contributed by atoms with Crippen LogP contribution in [0.4, 0.5) is 4.39 Å². The molecule has 0 spiro atoms. The van der Waals surface area contributed by atoms with E-state index >= 15 is 0 Å². The third-order valence-electron chi connectivity index (χ3n) is 4.81. The van der Waals surface area contributed by atoms with Crippen molar-refractivity contribution in [3.63, 3.8) is 0 Å². The summed E-state index contributed by atoms with van der Waals surface area (Å²) in [4.78, 5) is 12.7. The summed E-state index contributed by atoms with van der Waals surface area (Å²) in [7, 11) is 0. The monoisotopic (exact) mass is 366 g/mol. The summed E-state index contributed by atoms with van der Waals surface area (Å²) in [5, 5.41) is 9.87. The molecule has 1 heterocycles. The summed E-state index contributed by atoms with van der Waals surface area (Å²) in [6, 6.07) is 5.96. The quantitative estimate of drug-likeness (QED) is 0.759. The lowest BCUT2D eigenvalue weighted by molar-refractivity contribution is 0.0916. The van der Waals surface area contributed by atoms with E-state index < -0.39 is 0 Å². The highest BCUT2D eigenvalue weighted by Gasteiger charge is 2.25. The predicted octanol–water partition coefficient (Wildman–Crippen LogP) is 3.28. The molecule has 1 unspecified atom stereocenters. The van der Waals surface area contributed by atoms with E-state index in [1.54, 1.807) is 12.1 Å². The fraction of sp³-hybridized carbons (Fsp3) is 0.444. The van der Waals surface area contributed by atoms with Gasteiger partial charge in [-0.05, 0) is 43.0 Å². The van der Waals surface area contributed by atoms with Crippen LogP contribution in [0.2, 0.25) is 0 Å². The number of carbonyl (C=O) groups is 1. The Morgan fingerprint density at radius 1 is 1.28 bits per heavy atom. The first-order valence-corrected chi connectivity index (χ1v) is 8.49. The van der Waals surface area contributed by atoms with Crippen LogP contribution in [-0.4, -0.2) is 28.7 Å². The minimum Gasteiger partial charge on any atom is -0.348 e. The summed E-state index contributed by atoms with van der Waals surface area (Å²) in [5.41, 5.74) is 7.66. The molecule has 1 atom stereocenters. The molecule has 1 saturated carbocycles. The fourth-order valence-electron chi connectivity index (χ4n) is 3.45. The van der Waals surface area contributed by atoms with Gasteiger partial charge in [-0.25, -0.2) is 4.39 Å². The van der Waals surface area contributed by atoms with Gasteiger partial charge in [-0.15, -0.1) is 12.4 Å². The number of aromatic amines is 1. The second-order valence-corrected chi connectivity index (χ2v) is 6.38. The number of hydrogen-bond acceptors (Lipinski definition) is 3. The van der Waals surface area contributed by atoms with Gasteiger partial charge in [0.1, 0.15) is 5.82 Å². The van der Waals surface area contributed by atoms with Gasteiger partial charge >= 0.3 is 0 Å². The Kier molecular flexibility index (Phi) is 6.96. The smallest absolute Gasteiger partial charge is 0.255 e. The van der Waals surface area contributed by atoms with Crippen molar-refractivity contribution >= 4 is 18.3 Å². The van der Waals surface area contributed by atoms with Gasteiger partial charge in [-0.1, -0.05) is 19.3 Å². The van der Waals surface area contributed by atoms with Crippen molar-refractivity contribution in [3.8, 4) is 11.3 Å². The van der Waals surface area contributed by atoms with Crippen molar-refractivity contribution in [3.05, 3.63) is 41.8 Å².